The summed E-state index contributed by atoms with van der Waals surface area (Å²) in [5, 5.41) is 13.4. The maximum atomic E-state index is 9.53. The third-order valence-corrected chi connectivity index (χ3v) is 3.01. The third kappa shape index (κ3) is 3.57. The van der Waals surface area contributed by atoms with Crippen molar-refractivity contribution in [2.75, 3.05) is 0 Å². The lowest BCUT2D eigenvalue weighted by Gasteiger charge is -2.10. The van der Waals surface area contributed by atoms with E-state index in [1.807, 2.05) is 25.1 Å². The molecule has 0 aliphatic heterocycles. The Bertz CT molecular complexity index is 564. The molecule has 5 nitrogen and oxygen atoms in total. The van der Waals surface area contributed by atoms with Crippen molar-refractivity contribution >= 4 is 0 Å². The Labute approximate surface area is 118 Å². The van der Waals surface area contributed by atoms with Gasteiger partial charge in [0.25, 0.3) is 0 Å². The molecule has 1 unspecified atom stereocenters. The van der Waals surface area contributed by atoms with Gasteiger partial charge in [-0.15, -0.1) is 0 Å². The van der Waals surface area contributed by atoms with Crippen molar-refractivity contribution in [1.29, 1.82) is 0 Å². The predicted octanol–water partition coefficient (Wildman–Crippen LogP) is 2.96. The van der Waals surface area contributed by atoms with Crippen LogP contribution in [0.15, 0.2) is 22.7 Å². The fraction of sp³-hybridized carbons (Fsp3) is 0.467. The minimum absolute atomic E-state index is 0.280. The van der Waals surface area contributed by atoms with E-state index in [-0.39, 0.29) is 6.61 Å². The number of hydrogen-bond acceptors (Lipinski definition) is 5. The first-order chi connectivity index (χ1) is 9.60. The van der Waals surface area contributed by atoms with E-state index in [0.29, 0.717) is 11.7 Å². The summed E-state index contributed by atoms with van der Waals surface area (Å²) in [6.07, 6.45) is 1.29. The lowest BCUT2D eigenvalue weighted by molar-refractivity contribution is 0.199. The Balaban J connectivity index is 1.99. The van der Waals surface area contributed by atoms with E-state index in [1.54, 1.807) is 6.92 Å². The topological polar surface area (TPSA) is 68.4 Å². The number of benzene rings is 1. The molecule has 0 saturated carbocycles. The van der Waals surface area contributed by atoms with Crippen molar-refractivity contribution in [3.05, 3.63) is 41.0 Å². The monoisotopic (exact) mass is 276 g/mol. The minimum Gasteiger partial charge on any atom is -0.485 e. The quantitative estimate of drug-likeness (QED) is 0.878. The highest BCUT2D eigenvalue weighted by atomic mass is 16.5. The van der Waals surface area contributed by atoms with Gasteiger partial charge in [0.05, 0.1) is 6.10 Å². The second-order valence-electron chi connectivity index (χ2n) is 4.84. The Kier molecular flexibility index (Phi) is 4.74. The fourth-order valence-electron chi connectivity index (χ4n) is 1.90. The fourth-order valence-corrected chi connectivity index (χ4v) is 1.90. The van der Waals surface area contributed by atoms with Gasteiger partial charge in [0, 0.05) is 6.42 Å². The van der Waals surface area contributed by atoms with Crippen molar-refractivity contribution in [2.45, 2.75) is 46.3 Å². The molecule has 0 bridgehead atoms. The molecule has 1 atom stereocenters. The maximum absolute atomic E-state index is 9.53. The van der Waals surface area contributed by atoms with Gasteiger partial charge in [-0.25, -0.2) is 0 Å². The molecule has 0 saturated heterocycles. The number of hydrogen-bond donors (Lipinski definition) is 1. The zero-order chi connectivity index (χ0) is 14.5. The summed E-state index contributed by atoms with van der Waals surface area (Å²) in [7, 11) is 0. The molecule has 0 aliphatic rings. The van der Waals surface area contributed by atoms with Crippen molar-refractivity contribution < 1.29 is 14.4 Å². The average molecular weight is 276 g/mol. The number of nitrogens with zero attached hydrogens (tertiary/aromatic N) is 2. The minimum atomic E-state index is -0.475. The largest absolute Gasteiger partial charge is 0.485 e. The van der Waals surface area contributed by atoms with E-state index in [0.717, 1.165) is 29.7 Å². The standard InChI is InChI=1S/C15H20N2O3/c1-4-5-15-16-14(17-20-15)9-19-13-7-6-12(11(3)18)8-10(13)2/h6-8,11,18H,4-5,9H2,1-3H3. The highest BCUT2D eigenvalue weighted by Gasteiger charge is 2.08. The van der Waals surface area contributed by atoms with Gasteiger partial charge in [-0.2, -0.15) is 4.98 Å². The van der Waals surface area contributed by atoms with Gasteiger partial charge in [0.1, 0.15) is 5.75 Å². The van der Waals surface area contributed by atoms with Gasteiger partial charge in [0.2, 0.25) is 11.7 Å². The second kappa shape index (κ2) is 6.52. The summed E-state index contributed by atoms with van der Waals surface area (Å²) in [4.78, 5) is 4.25. The molecule has 108 valence electrons. The second-order valence-corrected chi connectivity index (χ2v) is 4.84. The molecule has 0 radical (unpaired) electrons. The van der Waals surface area contributed by atoms with Crippen molar-refractivity contribution in [2.24, 2.45) is 0 Å². The SMILES string of the molecule is CCCc1nc(COc2ccc(C(C)O)cc2C)no1. The van der Waals surface area contributed by atoms with Crippen LogP contribution in [0.4, 0.5) is 0 Å². The molecule has 20 heavy (non-hydrogen) atoms. The number of aryl methyl sites for hydroxylation is 2. The van der Waals surface area contributed by atoms with Crippen LogP contribution in [-0.2, 0) is 13.0 Å². The van der Waals surface area contributed by atoms with Crippen LogP contribution in [0.5, 0.6) is 5.75 Å². The van der Waals surface area contributed by atoms with Gasteiger partial charge in [-0.05, 0) is 43.5 Å². The van der Waals surface area contributed by atoms with Crippen LogP contribution >= 0.6 is 0 Å². The van der Waals surface area contributed by atoms with E-state index in [9.17, 15) is 5.11 Å². The molecular formula is C15H20N2O3. The summed E-state index contributed by atoms with van der Waals surface area (Å²) in [5.74, 6) is 1.95. The van der Waals surface area contributed by atoms with Gasteiger partial charge < -0.3 is 14.4 Å². The molecule has 0 aliphatic carbocycles. The highest BCUT2D eigenvalue weighted by Crippen LogP contribution is 2.23. The number of aromatic nitrogens is 2. The number of rotatable bonds is 6. The third-order valence-electron chi connectivity index (χ3n) is 3.01. The van der Waals surface area contributed by atoms with Crippen LogP contribution in [-0.4, -0.2) is 15.2 Å². The summed E-state index contributed by atoms with van der Waals surface area (Å²) in [6.45, 7) is 6.03. The number of aliphatic hydroxyl groups excluding tert-OH is 1. The first kappa shape index (κ1) is 14.5. The van der Waals surface area contributed by atoms with E-state index >= 15 is 0 Å². The average Bonchev–Trinajstić information content (AvgIpc) is 2.85. The predicted molar refractivity (Wildman–Crippen MR) is 74.4 cm³/mol. The maximum Gasteiger partial charge on any atom is 0.226 e. The summed E-state index contributed by atoms with van der Waals surface area (Å²) in [5.41, 5.74) is 1.85. The van der Waals surface area contributed by atoms with Crippen LogP contribution in [0.2, 0.25) is 0 Å². The number of aliphatic hydroxyl groups is 1. The van der Waals surface area contributed by atoms with Gasteiger partial charge >= 0.3 is 0 Å². The molecule has 0 amide bonds. The van der Waals surface area contributed by atoms with Crippen LogP contribution in [0.3, 0.4) is 0 Å². The Morgan fingerprint density at radius 3 is 2.85 bits per heavy atom. The molecule has 1 aromatic carbocycles. The van der Waals surface area contributed by atoms with E-state index in [1.165, 1.54) is 0 Å². The summed E-state index contributed by atoms with van der Waals surface area (Å²) in [6, 6.07) is 5.62. The van der Waals surface area contributed by atoms with Crippen LogP contribution < -0.4 is 4.74 Å². The van der Waals surface area contributed by atoms with E-state index in [4.69, 9.17) is 9.26 Å². The lowest BCUT2D eigenvalue weighted by Crippen LogP contribution is -2.00. The smallest absolute Gasteiger partial charge is 0.226 e. The van der Waals surface area contributed by atoms with Gasteiger partial charge in [-0.1, -0.05) is 18.1 Å². The molecule has 0 spiro atoms. The molecule has 0 fully saturated rings. The normalized spacial score (nSPS) is 12.4. The van der Waals surface area contributed by atoms with Crippen LogP contribution in [0.1, 0.15) is 49.2 Å². The van der Waals surface area contributed by atoms with E-state index < -0.39 is 6.10 Å². The highest BCUT2D eigenvalue weighted by molar-refractivity contribution is 5.36. The number of ether oxygens (including phenoxy) is 1. The van der Waals surface area contributed by atoms with Crippen molar-refractivity contribution in [1.82, 2.24) is 10.1 Å². The van der Waals surface area contributed by atoms with E-state index in [2.05, 4.69) is 17.1 Å². The van der Waals surface area contributed by atoms with Gasteiger partial charge in [-0.3, -0.25) is 0 Å². The Morgan fingerprint density at radius 1 is 1.40 bits per heavy atom. The zero-order valence-corrected chi connectivity index (χ0v) is 12.1. The first-order valence-electron chi connectivity index (χ1n) is 6.83. The molecule has 5 heteroatoms. The molecule has 2 aromatic rings. The molecule has 1 heterocycles. The molecular weight excluding hydrogens is 256 g/mol. The molecule has 1 aromatic heterocycles. The Hall–Kier alpha value is -1.88. The summed E-state index contributed by atoms with van der Waals surface area (Å²) < 4.78 is 10.8. The molecule has 2 rings (SSSR count). The van der Waals surface area contributed by atoms with Crippen molar-refractivity contribution in [3.63, 3.8) is 0 Å². The van der Waals surface area contributed by atoms with Crippen molar-refractivity contribution in [3.8, 4) is 5.75 Å². The lowest BCUT2D eigenvalue weighted by atomic mass is 10.1. The Morgan fingerprint density at radius 2 is 2.20 bits per heavy atom. The van der Waals surface area contributed by atoms with Crippen LogP contribution in [0.25, 0.3) is 0 Å². The van der Waals surface area contributed by atoms with Crippen LogP contribution in [0, 0.1) is 6.92 Å². The summed E-state index contributed by atoms with van der Waals surface area (Å²) >= 11 is 0. The zero-order valence-electron chi connectivity index (χ0n) is 12.1. The van der Waals surface area contributed by atoms with Gasteiger partial charge in [0.15, 0.2) is 6.61 Å². The molecule has 1 N–H and O–H groups in total. The first-order valence-corrected chi connectivity index (χ1v) is 6.83.